The molecule has 4 atom stereocenters. The Bertz CT molecular complexity index is 783. The molecule has 1 aromatic rings. The highest BCUT2D eigenvalue weighted by atomic mass is 16.6. The molecule has 3 heterocycles. The van der Waals surface area contributed by atoms with Crippen molar-refractivity contribution in [2.45, 2.75) is 37.8 Å². The molecule has 1 saturated carbocycles. The number of H-pyrrole nitrogens is 1. The molecular formula is C18H25N5O6. The van der Waals surface area contributed by atoms with Gasteiger partial charge in [0, 0.05) is 25.6 Å². The number of aromatic nitrogens is 2. The van der Waals surface area contributed by atoms with Gasteiger partial charge in [0.15, 0.2) is 0 Å². The predicted molar refractivity (Wildman–Crippen MR) is 98.8 cm³/mol. The number of aliphatic hydroxyl groups is 1. The summed E-state index contributed by atoms with van der Waals surface area (Å²) in [4.78, 5) is 37.9. The van der Waals surface area contributed by atoms with Crippen molar-refractivity contribution in [3.8, 4) is 0 Å². The Morgan fingerprint density at radius 2 is 2.03 bits per heavy atom. The van der Waals surface area contributed by atoms with E-state index in [0.717, 1.165) is 25.5 Å². The summed E-state index contributed by atoms with van der Waals surface area (Å²) in [6, 6.07) is -0.413. The van der Waals surface area contributed by atoms with Crippen molar-refractivity contribution in [2.75, 3.05) is 26.3 Å². The molecule has 1 aliphatic carbocycles. The third-order valence-electron chi connectivity index (χ3n) is 6.34. The molecule has 1 aromatic heterocycles. The molecule has 2 saturated heterocycles. The van der Waals surface area contributed by atoms with Crippen molar-refractivity contribution in [3.05, 3.63) is 22.0 Å². The summed E-state index contributed by atoms with van der Waals surface area (Å²) >= 11 is 0. The maximum atomic E-state index is 13.0. The largest absolute Gasteiger partial charge is 0.391 e. The number of amides is 2. The number of nitro groups is 1. The molecule has 158 valence electrons. The van der Waals surface area contributed by atoms with Crippen molar-refractivity contribution in [2.24, 2.45) is 17.8 Å². The number of nitrogens with one attached hydrogen (secondary N) is 2. The fraction of sp³-hybridized carbons (Fsp3) is 0.722. The summed E-state index contributed by atoms with van der Waals surface area (Å²) in [5.74, 6) is -0.834. The highest BCUT2D eigenvalue weighted by Crippen LogP contribution is 2.40. The number of hydrogen-bond donors (Lipinski definition) is 3. The molecule has 2 bridgehead atoms. The number of aliphatic hydroxyl groups excluding tert-OH is 1. The molecule has 11 heteroatoms. The average Bonchev–Trinajstić information content (AvgIpc) is 3.18. The Morgan fingerprint density at radius 3 is 2.69 bits per heavy atom. The van der Waals surface area contributed by atoms with E-state index in [9.17, 15) is 24.8 Å². The van der Waals surface area contributed by atoms with E-state index in [4.69, 9.17) is 4.74 Å². The van der Waals surface area contributed by atoms with Crippen molar-refractivity contribution in [1.29, 1.82) is 0 Å². The topological polar surface area (TPSA) is 151 Å². The fourth-order valence-electron chi connectivity index (χ4n) is 4.91. The maximum Gasteiger partial charge on any atom is 0.319 e. The Morgan fingerprint density at radius 1 is 1.31 bits per heavy atom. The zero-order valence-electron chi connectivity index (χ0n) is 16.0. The van der Waals surface area contributed by atoms with Gasteiger partial charge < -0.3 is 20.1 Å². The number of nitrogens with zero attached hydrogens (tertiary/aromatic N) is 3. The quantitative estimate of drug-likeness (QED) is 0.472. The van der Waals surface area contributed by atoms with Gasteiger partial charge in [-0.3, -0.25) is 24.8 Å². The fourth-order valence-corrected chi connectivity index (χ4v) is 4.91. The van der Waals surface area contributed by atoms with Crippen LogP contribution in [-0.4, -0.2) is 75.4 Å². The molecule has 0 spiro atoms. The lowest BCUT2D eigenvalue weighted by Crippen LogP contribution is -2.58. The molecule has 2 amide bonds. The number of carbonyl (C=O) groups excluding carboxylic acids is 2. The van der Waals surface area contributed by atoms with Crippen molar-refractivity contribution < 1.29 is 24.4 Å². The van der Waals surface area contributed by atoms with Crippen LogP contribution in [0.4, 0.5) is 5.69 Å². The van der Waals surface area contributed by atoms with Crippen LogP contribution in [0.15, 0.2) is 6.20 Å². The molecular weight excluding hydrogens is 382 g/mol. The number of likely N-dealkylation sites (tertiary alicyclic amines) is 1. The summed E-state index contributed by atoms with van der Waals surface area (Å²) in [5, 5.41) is 30.2. The highest BCUT2D eigenvalue weighted by molar-refractivity contribution is 5.96. The Labute approximate surface area is 166 Å². The average molecular weight is 407 g/mol. The first-order valence-corrected chi connectivity index (χ1v) is 9.99. The second-order valence-corrected chi connectivity index (χ2v) is 8.12. The van der Waals surface area contributed by atoms with Gasteiger partial charge in [0.05, 0.1) is 23.7 Å². The molecule has 2 aliphatic heterocycles. The van der Waals surface area contributed by atoms with E-state index in [1.165, 1.54) is 0 Å². The summed E-state index contributed by atoms with van der Waals surface area (Å²) in [5.41, 5.74) is -0.468. The number of rotatable bonds is 4. The number of carbonyl (C=O) groups is 2. The van der Waals surface area contributed by atoms with E-state index in [0.29, 0.717) is 32.7 Å². The molecule has 11 nitrogen and oxygen atoms in total. The Balaban J connectivity index is 1.46. The van der Waals surface area contributed by atoms with E-state index >= 15 is 0 Å². The lowest BCUT2D eigenvalue weighted by atomic mass is 9.68. The minimum Gasteiger partial charge on any atom is -0.391 e. The van der Waals surface area contributed by atoms with Crippen LogP contribution in [0.2, 0.25) is 0 Å². The minimum atomic E-state index is -0.630. The van der Waals surface area contributed by atoms with Crippen LogP contribution in [0.3, 0.4) is 0 Å². The van der Waals surface area contributed by atoms with Gasteiger partial charge in [0.25, 0.3) is 5.91 Å². The zero-order chi connectivity index (χ0) is 20.5. The van der Waals surface area contributed by atoms with Crippen molar-refractivity contribution in [1.82, 2.24) is 20.4 Å². The molecule has 0 aromatic carbocycles. The number of aromatic amines is 1. The summed E-state index contributed by atoms with van der Waals surface area (Å²) in [6.07, 6.45) is 3.52. The summed E-state index contributed by atoms with van der Waals surface area (Å²) in [6.45, 7) is 1.52. The minimum absolute atomic E-state index is 0.0184. The van der Waals surface area contributed by atoms with E-state index < -0.39 is 23.0 Å². The van der Waals surface area contributed by atoms with Gasteiger partial charge in [-0.15, -0.1) is 0 Å². The van der Waals surface area contributed by atoms with Crippen LogP contribution in [0.1, 0.15) is 36.2 Å². The third-order valence-corrected chi connectivity index (χ3v) is 6.34. The normalized spacial score (nSPS) is 31.9. The van der Waals surface area contributed by atoms with Gasteiger partial charge in [0.2, 0.25) is 11.6 Å². The molecule has 2 unspecified atom stereocenters. The lowest BCUT2D eigenvalue weighted by molar-refractivity contribution is -0.385. The second kappa shape index (κ2) is 8.07. The van der Waals surface area contributed by atoms with Gasteiger partial charge in [-0.05, 0) is 31.1 Å². The maximum absolute atomic E-state index is 13.0. The van der Waals surface area contributed by atoms with Crippen LogP contribution in [0.5, 0.6) is 0 Å². The third kappa shape index (κ3) is 3.84. The number of ether oxygens (including phenoxy) is 1. The monoisotopic (exact) mass is 407 g/mol. The SMILES string of the molecule is O=C(N[C@@H]1COCC[C@H]1O)C1C2CCCC1CN(C(=O)c1[nH]ncc1[N+](=O)[O-])C2. The standard InChI is InChI=1S/C18H25N5O6/c24-14-4-5-29-9-12(14)20-17(25)15-10-2-1-3-11(15)8-22(7-10)18(26)16-13(23(27)28)6-19-21-16/h6,10-12,14-15,24H,1-5,7-9H2,(H,19,21)(H,20,25)/t10?,11?,12-,14-,15?/m1/s1. The lowest BCUT2D eigenvalue weighted by Gasteiger charge is -2.46. The molecule has 3 aliphatic rings. The number of fused-ring (bicyclic) bond motifs is 2. The number of piperidine rings is 1. The first-order valence-electron chi connectivity index (χ1n) is 9.99. The van der Waals surface area contributed by atoms with Gasteiger partial charge in [-0.25, -0.2) is 0 Å². The first kappa shape index (κ1) is 19.8. The van der Waals surface area contributed by atoms with Crippen molar-refractivity contribution >= 4 is 17.5 Å². The van der Waals surface area contributed by atoms with Crippen LogP contribution in [0, 0.1) is 27.9 Å². The van der Waals surface area contributed by atoms with E-state index in [2.05, 4.69) is 15.5 Å². The van der Waals surface area contributed by atoms with Gasteiger partial charge in [0.1, 0.15) is 6.20 Å². The smallest absolute Gasteiger partial charge is 0.319 e. The predicted octanol–water partition coefficient (Wildman–Crippen LogP) is 0.0722. The van der Waals surface area contributed by atoms with E-state index in [1.54, 1.807) is 4.90 Å². The zero-order valence-corrected chi connectivity index (χ0v) is 16.0. The summed E-state index contributed by atoms with van der Waals surface area (Å²) in [7, 11) is 0. The second-order valence-electron chi connectivity index (χ2n) is 8.12. The molecule has 0 radical (unpaired) electrons. The van der Waals surface area contributed by atoms with E-state index in [1.807, 2.05) is 0 Å². The molecule has 3 N–H and O–H groups in total. The molecule has 3 fully saturated rings. The highest BCUT2D eigenvalue weighted by Gasteiger charge is 2.46. The summed E-state index contributed by atoms with van der Waals surface area (Å²) < 4.78 is 5.36. The van der Waals surface area contributed by atoms with Gasteiger partial charge >= 0.3 is 5.69 Å². The Kier molecular flexibility index (Phi) is 5.50. The van der Waals surface area contributed by atoms with Gasteiger partial charge in [-0.1, -0.05) is 6.42 Å². The van der Waals surface area contributed by atoms with E-state index in [-0.39, 0.29) is 35.0 Å². The van der Waals surface area contributed by atoms with Crippen LogP contribution >= 0.6 is 0 Å². The number of hydrogen-bond acceptors (Lipinski definition) is 7. The van der Waals surface area contributed by atoms with Crippen LogP contribution < -0.4 is 5.32 Å². The van der Waals surface area contributed by atoms with Crippen LogP contribution in [0.25, 0.3) is 0 Å². The van der Waals surface area contributed by atoms with Crippen molar-refractivity contribution in [3.63, 3.8) is 0 Å². The van der Waals surface area contributed by atoms with Crippen LogP contribution in [-0.2, 0) is 9.53 Å². The van der Waals surface area contributed by atoms with Gasteiger partial charge in [-0.2, -0.15) is 5.10 Å². The first-order chi connectivity index (χ1) is 14.0. The molecule has 29 heavy (non-hydrogen) atoms. The Hall–Kier alpha value is -2.53. The molecule has 4 rings (SSSR count).